The highest BCUT2D eigenvalue weighted by Gasteiger charge is 2.11. The molecule has 0 aromatic heterocycles. The smallest absolute Gasteiger partial charge is 0.225 e. The fourth-order valence-corrected chi connectivity index (χ4v) is 1.97. The summed E-state index contributed by atoms with van der Waals surface area (Å²) in [6.45, 7) is 3.37. The van der Waals surface area contributed by atoms with Gasteiger partial charge in [0.15, 0.2) is 5.78 Å². The third-order valence-corrected chi connectivity index (χ3v) is 3.99. The van der Waals surface area contributed by atoms with Gasteiger partial charge in [0.25, 0.3) is 0 Å². The number of benzene rings is 1. The van der Waals surface area contributed by atoms with Gasteiger partial charge in [0.1, 0.15) is 0 Å². The Morgan fingerprint density at radius 2 is 1.84 bits per heavy atom. The molecule has 0 spiro atoms. The number of nitrogens with zero attached hydrogens (tertiary/aromatic N) is 1. The number of aliphatic imine (C=N–C) groups is 1. The molecule has 0 aliphatic carbocycles. The van der Waals surface area contributed by atoms with Crippen LogP contribution in [0.2, 0.25) is 5.02 Å². The lowest BCUT2D eigenvalue weighted by Crippen LogP contribution is -2.00. The van der Waals surface area contributed by atoms with Gasteiger partial charge in [0, 0.05) is 17.0 Å². The van der Waals surface area contributed by atoms with Crippen molar-refractivity contribution in [2.75, 3.05) is 0 Å². The van der Waals surface area contributed by atoms with Gasteiger partial charge < -0.3 is 0 Å². The molecular weight excluding hydrogens is 350 g/mol. The van der Waals surface area contributed by atoms with E-state index in [0.717, 1.165) is 0 Å². The fourth-order valence-electron chi connectivity index (χ4n) is 1.39. The van der Waals surface area contributed by atoms with Gasteiger partial charge in [-0.15, -0.1) is 0 Å². The molecule has 0 aliphatic rings. The van der Waals surface area contributed by atoms with Gasteiger partial charge in [-0.2, -0.15) is 0 Å². The Labute approximate surface area is 130 Å². The Hall–Kier alpha value is -0.910. The second-order valence-corrected chi connectivity index (χ2v) is 5.29. The SMILES string of the molecule is C=N/C(CCC(=O)c1ccc(Cl)cc1)=C(/Br)C(=O)S. The van der Waals surface area contributed by atoms with E-state index < -0.39 is 5.12 Å². The van der Waals surface area contributed by atoms with Gasteiger partial charge in [-0.3, -0.25) is 14.6 Å². The van der Waals surface area contributed by atoms with Crippen LogP contribution in [0.1, 0.15) is 23.2 Å². The van der Waals surface area contributed by atoms with Crippen molar-refractivity contribution in [3.05, 3.63) is 45.0 Å². The van der Waals surface area contributed by atoms with E-state index in [2.05, 4.69) is 40.3 Å². The summed E-state index contributed by atoms with van der Waals surface area (Å²) in [6.07, 6.45) is 0.546. The molecule has 100 valence electrons. The van der Waals surface area contributed by atoms with Crippen molar-refractivity contribution in [2.45, 2.75) is 12.8 Å². The molecule has 19 heavy (non-hydrogen) atoms. The van der Waals surface area contributed by atoms with Gasteiger partial charge >= 0.3 is 0 Å². The number of thiol groups is 1. The summed E-state index contributed by atoms with van der Waals surface area (Å²) in [7, 11) is 0. The average molecular weight is 361 g/mol. The van der Waals surface area contributed by atoms with Crippen molar-refractivity contribution in [3.63, 3.8) is 0 Å². The molecule has 0 atom stereocenters. The molecule has 0 amide bonds. The minimum atomic E-state index is -0.443. The first-order chi connectivity index (χ1) is 8.95. The predicted molar refractivity (Wildman–Crippen MR) is 84.5 cm³/mol. The summed E-state index contributed by atoms with van der Waals surface area (Å²) in [6, 6.07) is 6.64. The monoisotopic (exact) mass is 359 g/mol. The molecule has 3 nitrogen and oxygen atoms in total. The predicted octanol–water partition coefficient (Wildman–Crippen LogP) is 4.07. The zero-order valence-electron chi connectivity index (χ0n) is 9.90. The quantitative estimate of drug-likeness (QED) is 0.360. The highest BCUT2D eigenvalue weighted by Crippen LogP contribution is 2.21. The lowest BCUT2D eigenvalue weighted by Gasteiger charge is -2.04. The number of hydrogen-bond acceptors (Lipinski definition) is 3. The maximum atomic E-state index is 11.9. The van der Waals surface area contributed by atoms with E-state index >= 15 is 0 Å². The average Bonchev–Trinajstić information content (AvgIpc) is 2.39. The molecule has 1 aromatic carbocycles. The van der Waals surface area contributed by atoms with Crippen molar-refractivity contribution in [2.24, 2.45) is 4.99 Å². The van der Waals surface area contributed by atoms with Crippen LogP contribution in [0.15, 0.2) is 39.4 Å². The summed E-state index contributed by atoms with van der Waals surface area (Å²) in [5.41, 5.74) is 0.989. The van der Waals surface area contributed by atoms with Crippen molar-refractivity contribution < 1.29 is 9.59 Å². The lowest BCUT2D eigenvalue weighted by atomic mass is 10.1. The fraction of sp³-hybridized carbons (Fsp3) is 0.154. The number of ketones is 1. The molecule has 0 radical (unpaired) electrons. The second-order valence-electron chi connectivity index (χ2n) is 3.65. The van der Waals surface area contributed by atoms with Gasteiger partial charge in [-0.05, 0) is 53.3 Å². The van der Waals surface area contributed by atoms with Crippen molar-refractivity contribution >= 4 is 57.8 Å². The highest BCUT2D eigenvalue weighted by atomic mass is 79.9. The number of allylic oxidation sites excluding steroid dienone is 1. The molecule has 1 rings (SSSR count). The van der Waals surface area contributed by atoms with Crippen LogP contribution in [0.25, 0.3) is 0 Å². The number of hydrogen-bond donors (Lipinski definition) is 1. The summed E-state index contributed by atoms with van der Waals surface area (Å²) in [5, 5.41) is 0.134. The zero-order chi connectivity index (χ0) is 14.4. The molecule has 6 heteroatoms. The van der Waals surface area contributed by atoms with Crippen LogP contribution in [0.4, 0.5) is 0 Å². The summed E-state index contributed by atoms with van der Waals surface area (Å²) >= 11 is 12.5. The maximum Gasteiger partial charge on any atom is 0.225 e. The van der Waals surface area contributed by atoms with Crippen LogP contribution in [0.3, 0.4) is 0 Å². The molecule has 1 aromatic rings. The Balaban J connectivity index is 2.73. The molecule has 0 aliphatic heterocycles. The van der Waals surface area contributed by atoms with Gasteiger partial charge in [-0.25, -0.2) is 0 Å². The van der Waals surface area contributed by atoms with Crippen LogP contribution >= 0.6 is 40.2 Å². The third-order valence-electron chi connectivity index (χ3n) is 2.39. The summed E-state index contributed by atoms with van der Waals surface area (Å²) < 4.78 is 0.231. The second kappa shape index (κ2) is 7.62. The van der Waals surface area contributed by atoms with Crippen LogP contribution in [0, 0.1) is 0 Å². The number of halogens is 2. The minimum Gasteiger partial charge on any atom is -0.294 e. The van der Waals surface area contributed by atoms with Gasteiger partial charge in [0.05, 0.1) is 10.2 Å². The summed E-state index contributed by atoms with van der Waals surface area (Å²) in [5.74, 6) is -0.0512. The van der Waals surface area contributed by atoms with E-state index in [4.69, 9.17) is 11.6 Å². The maximum absolute atomic E-state index is 11.9. The number of carbonyl (C=O) groups excluding carboxylic acids is 2. The number of rotatable bonds is 6. The first-order valence-electron chi connectivity index (χ1n) is 5.33. The van der Waals surface area contributed by atoms with Crippen LogP contribution in [-0.4, -0.2) is 17.6 Å². The molecule has 0 saturated carbocycles. The highest BCUT2D eigenvalue weighted by molar-refractivity contribution is 9.12. The first-order valence-corrected chi connectivity index (χ1v) is 6.95. The molecule has 0 saturated heterocycles. The van der Waals surface area contributed by atoms with Gasteiger partial charge in [-0.1, -0.05) is 24.2 Å². The Morgan fingerprint density at radius 1 is 1.26 bits per heavy atom. The Kier molecular flexibility index (Phi) is 6.48. The number of Topliss-reactive ketones (excluding diaryl/α,β-unsaturated/α-hetero) is 1. The van der Waals surface area contributed by atoms with E-state index in [9.17, 15) is 9.59 Å². The third kappa shape index (κ3) is 4.93. The largest absolute Gasteiger partial charge is 0.294 e. The molecule has 0 bridgehead atoms. The van der Waals surface area contributed by atoms with Crippen molar-refractivity contribution in [1.29, 1.82) is 0 Å². The van der Waals surface area contributed by atoms with Crippen LogP contribution in [-0.2, 0) is 4.79 Å². The normalized spacial score (nSPS) is 11.7. The van der Waals surface area contributed by atoms with E-state index in [1.54, 1.807) is 24.3 Å². The summed E-state index contributed by atoms with van der Waals surface area (Å²) in [4.78, 5) is 26.7. The van der Waals surface area contributed by atoms with E-state index in [1.807, 2.05) is 0 Å². The number of carbonyl (C=O) groups is 2. The molecule has 0 heterocycles. The first kappa shape index (κ1) is 16.1. The lowest BCUT2D eigenvalue weighted by molar-refractivity contribution is -0.107. The van der Waals surface area contributed by atoms with E-state index in [0.29, 0.717) is 22.7 Å². The topological polar surface area (TPSA) is 46.5 Å². The molecular formula is C13H11BrClNO2S. The molecule has 0 fully saturated rings. The Morgan fingerprint density at radius 3 is 2.32 bits per heavy atom. The zero-order valence-corrected chi connectivity index (χ0v) is 13.1. The Bertz CT molecular complexity index is 540. The molecule has 0 unspecified atom stereocenters. The standard InChI is InChI=1S/C13H11BrClNO2S/c1-16-10(12(14)13(18)19)6-7-11(17)8-2-4-9(15)5-3-8/h2-5H,1,6-7H2,(H,18,19)/b12-10+. The van der Waals surface area contributed by atoms with Gasteiger partial charge in [0.2, 0.25) is 5.12 Å². The van der Waals surface area contributed by atoms with Crippen LogP contribution in [0.5, 0.6) is 0 Å². The molecule has 0 N–H and O–H groups in total. The van der Waals surface area contributed by atoms with E-state index in [1.165, 1.54) is 0 Å². The van der Waals surface area contributed by atoms with Crippen LogP contribution < -0.4 is 0 Å². The van der Waals surface area contributed by atoms with Crippen molar-refractivity contribution in [1.82, 2.24) is 0 Å². The van der Waals surface area contributed by atoms with Crippen molar-refractivity contribution in [3.8, 4) is 0 Å². The minimum absolute atomic E-state index is 0.0512. The van der Waals surface area contributed by atoms with E-state index in [-0.39, 0.29) is 16.7 Å².